The first-order valence-electron chi connectivity index (χ1n) is 9.67. The van der Waals surface area contributed by atoms with E-state index in [4.69, 9.17) is 9.47 Å². The molecule has 3 aliphatic rings. The standard InChI is InChI=1S/C23H23NO3/c25-22-23(19-11-4-5-12-20(19)24-22)13-17-9-6-10-18(17)21(27-23)15-26-14-16-7-2-1-3-8-16/h1-5,7-8,11-12,21H,6,9-10,13-15H2,(H,24,25)/t21-,23-/m1/s1. The number of anilines is 1. The van der Waals surface area contributed by atoms with Crippen LogP contribution in [0.25, 0.3) is 0 Å². The first kappa shape index (κ1) is 16.7. The molecule has 2 heterocycles. The van der Waals surface area contributed by atoms with Crippen LogP contribution in [0.3, 0.4) is 0 Å². The highest BCUT2D eigenvalue weighted by Gasteiger charge is 2.53. The zero-order chi connectivity index (χ0) is 18.3. The van der Waals surface area contributed by atoms with Gasteiger partial charge < -0.3 is 14.8 Å². The van der Waals surface area contributed by atoms with Crippen molar-refractivity contribution in [2.45, 2.75) is 44.0 Å². The van der Waals surface area contributed by atoms with E-state index in [1.165, 1.54) is 11.1 Å². The maximum absolute atomic E-state index is 12.9. The zero-order valence-corrected chi connectivity index (χ0v) is 15.2. The summed E-state index contributed by atoms with van der Waals surface area (Å²) in [5.74, 6) is -0.0461. The number of benzene rings is 2. The van der Waals surface area contributed by atoms with E-state index >= 15 is 0 Å². The largest absolute Gasteiger partial charge is 0.374 e. The van der Waals surface area contributed by atoms with Gasteiger partial charge in [-0.1, -0.05) is 54.1 Å². The Hall–Kier alpha value is -2.43. The number of fused-ring (bicyclic) bond motifs is 2. The molecule has 1 spiro atoms. The number of hydrogen-bond donors (Lipinski definition) is 1. The highest BCUT2D eigenvalue weighted by Crippen LogP contribution is 2.51. The van der Waals surface area contributed by atoms with Crippen LogP contribution in [0.15, 0.2) is 65.7 Å². The summed E-state index contributed by atoms with van der Waals surface area (Å²) in [7, 11) is 0. The molecule has 0 unspecified atom stereocenters. The number of rotatable bonds is 4. The first-order chi connectivity index (χ1) is 13.3. The van der Waals surface area contributed by atoms with Gasteiger partial charge in [-0.05, 0) is 36.5 Å². The quantitative estimate of drug-likeness (QED) is 0.825. The minimum absolute atomic E-state index is 0.0461. The van der Waals surface area contributed by atoms with Gasteiger partial charge in [0.05, 0.1) is 13.2 Å². The number of amides is 1. The second-order valence-corrected chi connectivity index (χ2v) is 7.59. The molecule has 0 saturated carbocycles. The van der Waals surface area contributed by atoms with Gasteiger partial charge in [0.25, 0.3) is 5.91 Å². The third-order valence-electron chi connectivity index (χ3n) is 5.93. The summed E-state index contributed by atoms with van der Waals surface area (Å²) in [6, 6.07) is 18.0. The van der Waals surface area contributed by atoms with Crippen molar-refractivity contribution in [3.05, 3.63) is 76.9 Å². The third-order valence-corrected chi connectivity index (χ3v) is 5.93. The van der Waals surface area contributed by atoms with Crippen LogP contribution >= 0.6 is 0 Å². The molecule has 2 aliphatic heterocycles. The van der Waals surface area contributed by atoms with Crippen molar-refractivity contribution >= 4 is 11.6 Å². The van der Waals surface area contributed by atoms with Crippen LogP contribution in [0.1, 0.15) is 36.8 Å². The molecule has 0 saturated heterocycles. The van der Waals surface area contributed by atoms with Gasteiger partial charge in [0.1, 0.15) is 6.10 Å². The Balaban J connectivity index is 1.40. The van der Waals surface area contributed by atoms with Gasteiger partial charge in [-0.2, -0.15) is 0 Å². The summed E-state index contributed by atoms with van der Waals surface area (Å²) in [6.45, 7) is 1.03. The lowest BCUT2D eigenvalue weighted by Gasteiger charge is -2.38. The predicted octanol–water partition coefficient (Wildman–Crippen LogP) is 4.32. The lowest BCUT2D eigenvalue weighted by atomic mass is 9.83. The average Bonchev–Trinajstić information content (AvgIpc) is 3.27. The van der Waals surface area contributed by atoms with Gasteiger partial charge in [0, 0.05) is 17.7 Å². The van der Waals surface area contributed by atoms with Crippen LogP contribution in [0.5, 0.6) is 0 Å². The SMILES string of the molecule is O=C1Nc2ccccc2[C@]12CC1=C(CCC1)[C@@H](COCc1ccccc1)O2. The molecule has 27 heavy (non-hydrogen) atoms. The third kappa shape index (κ3) is 2.80. The van der Waals surface area contributed by atoms with Crippen molar-refractivity contribution < 1.29 is 14.3 Å². The Morgan fingerprint density at radius 3 is 2.78 bits per heavy atom. The second kappa shape index (κ2) is 6.63. The molecular weight excluding hydrogens is 338 g/mol. The Kier molecular flexibility index (Phi) is 4.10. The van der Waals surface area contributed by atoms with Gasteiger partial charge in [0.15, 0.2) is 5.60 Å². The fraction of sp³-hybridized carbons (Fsp3) is 0.348. The summed E-state index contributed by atoms with van der Waals surface area (Å²) < 4.78 is 12.5. The van der Waals surface area contributed by atoms with Crippen molar-refractivity contribution in [1.82, 2.24) is 0 Å². The molecule has 2 aromatic carbocycles. The molecule has 5 rings (SSSR count). The van der Waals surface area contributed by atoms with Crippen LogP contribution in [-0.4, -0.2) is 18.6 Å². The minimum Gasteiger partial charge on any atom is -0.374 e. The maximum Gasteiger partial charge on any atom is 0.261 e. The highest BCUT2D eigenvalue weighted by atomic mass is 16.6. The smallest absolute Gasteiger partial charge is 0.261 e. The summed E-state index contributed by atoms with van der Waals surface area (Å²) >= 11 is 0. The van der Waals surface area contributed by atoms with E-state index in [1.54, 1.807) is 0 Å². The normalized spacial score (nSPS) is 26.2. The molecule has 1 N–H and O–H groups in total. The molecule has 0 fully saturated rings. The molecular formula is C23H23NO3. The molecule has 0 bridgehead atoms. The summed E-state index contributed by atoms with van der Waals surface area (Å²) in [6.07, 6.45) is 3.76. The van der Waals surface area contributed by atoms with E-state index in [0.717, 1.165) is 36.1 Å². The number of para-hydroxylation sites is 1. The fourth-order valence-electron chi connectivity index (χ4n) is 4.65. The van der Waals surface area contributed by atoms with Crippen molar-refractivity contribution in [3.8, 4) is 0 Å². The molecule has 0 aromatic heterocycles. The van der Waals surface area contributed by atoms with Crippen molar-refractivity contribution in [2.24, 2.45) is 0 Å². The van der Waals surface area contributed by atoms with Crippen LogP contribution in [0, 0.1) is 0 Å². The molecule has 4 nitrogen and oxygen atoms in total. The zero-order valence-electron chi connectivity index (χ0n) is 15.2. The van der Waals surface area contributed by atoms with Crippen LogP contribution in [-0.2, 0) is 26.5 Å². The van der Waals surface area contributed by atoms with Crippen molar-refractivity contribution in [3.63, 3.8) is 0 Å². The van der Waals surface area contributed by atoms with E-state index in [9.17, 15) is 4.79 Å². The lowest BCUT2D eigenvalue weighted by molar-refractivity contribution is -0.156. The van der Waals surface area contributed by atoms with Gasteiger partial charge in [0.2, 0.25) is 0 Å². The van der Waals surface area contributed by atoms with Gasteiger partial charge in [-0.15, -0.1) is 0 Å². The fourth-order valence-corrected chi connectivity index (χ4v) is 4.65. The number of nitrogens with one attached hydrogen (secondary N) is 1. The van der Waals surface area contributed by atoms with E-state index in [2.05, 4.69) is 17.4 Å². The van der Waals surface area contributed by atoms with Crippen molar-refractivity contribution in [2.75, 3.05) is 11.9 Å². The Bertz CT molecular complexity index is 905. The predicted molar refractivity (Wildman–Crippen MR) is 103 cm³/mol. The van der Waals surface area contributed by atoms with Crippen LogP contribution in [0.4, 0.5) is 5.69 Å². The topological polar surface area (TPSA) is 47.6 Å². The minimum atomic E-state index is -0.902. The number of carbonyl (C=O) groups is 1. The van der Waals surface area contributed by atoms with Crippen LogP contribution in [0.2, 0.25) is 0 Å². The Labute approximate surface area is 159 Å². The van der Waals surface area contributed by atoms with E-state index in [1.807, 2.05) is 42.5 Å². The molecule has 2 atom stereocenters. The van der Waals surface area contributed by atoms with Gasteiger partial charge >= 0.3 is 0 Å². The van der Waals surface area contributed by atoms with Gasteiger partial charge in [-0.25, -0.2) is 0 Å². The molecule has 138 valence electrons. The first-order valence-corrected chi connectivity index (χ1v) is 9.67. The number of carbonyl (C=O) groups excluding carboxylic acids is 1. The molecule has 4 heteroatoms. The summed E-state index contributed by atoms with van der Waals surface area (Å²) in [5, 5.41) is 3.01. The number of hydrogen-bond acceptors (Lipinski definition) is 3. The Morgan fingerprint density at radius 1 is 1.07 bits per heavy atom. The molecule has 0 radical (unpaired) electrons. The molecule has 2 aromatic rings. The monoisotopic (exact) mass is 361 g/mol. The number of ether oxygens (including phenoxy) is 2. The highest BCUT2D eigenvalue weighted by molar-refractivity contribution is 6.05. The summed E-state index contributed by atoms with van der Waals surface area (Å²) in [4.78, 5) is 12.9. The van der Waals surface area contributed by atoms with E-state index < -0.39 is 5.60 Å². The molecule has 1 amide bonds. The van der Waals surface area contributed by atoms with E-state index in [0.29, 0.717) is 19.6 Å². The van der Waals surface area contributed by atoms with E-state index in [-0.39, 0.29) is 12.0 Å². The average molecular weight is 361 g/mol. The Morgan fingerprint density at radius 2 is 1.89 bits per heavy atom. The van der Waals surface area contributed by atoms with Crippen LogP contribution < -0.4 is 5.32 Å². The molecule has 1 aliphatic carbocycles. The lowest BCUT2D eigenvalue weighted by Crippen LogP contribution is -2.45. The van der Waals surface area contributed by atoms with Crippen molar-refractivity contribution in [1.29, 1.82) is 0 Å². The van der Waals surface area contributed by atoms with Gasteiger partial charge in [-0.3, -0.25) is 4.79 Å². The summed E-state index contributed by atoms with van der Waals surface area (Å²) in [5.41, 5.74) is 4.82. The second-order valence-electron chi connectivity index (χ2n) is 7.59. The maximum atomic E-state index is 12.9.